The minimum absolute atomic E-state index is 0. The van der Waals surface area contributed by atoms with Crippen molar-refractivity contribution in [3.63, 3.8) is 0 Å². The predicted molar refractivity (Wildman–Crippen MR) is 122 cm³/mol. The van der Waals surface area contributed by atoms with Crippen molar-refractivity contribution in [1.82, 2.24) is 0 Å². The molecule has 0 heterocycles. The fourth-order valence-corrected chi connectivity index (χ4v) is 3.51. The summed E-state index contributed by atoms with van der Waals surface area (Å²) in [6.45, 7) is 0. The second-order valence-corrected chi connectivity index (χ2v) is 6.98. The zero-order chi connectivity index (χ0) is 19.5. The van der Waals surface area contributed by atoms with Crippen molar-refractivity contribution in [3.05, 3.63) is 125 Å². The van der Waals surface area contributed by atoms with Crippen LogP contribution in [0, 0.1) is 23.7 Å². The van der Waals surface area contributed by atoms with Gasteiger partial charge in [-0.2, -0.15) is 0 Å². The maximum atomic E-state index is 3.27. The van der Waals surface area contributed by atoms with Crippen LogP contribution in [0.3, 0.4) is 0 Å². The minimum atomic E-state index is 0. The Labute approximate surface area is 189 Å². The topological polar surface area (TPSA) is 0 Å². The second-order valence-electron chi connectivity index (χ2n) is 6.98. The molecule has 0 radical (unpaired) electrons. The van der Waals surface area contributed by atoms with Crippen LogP contribution in [0.4, 0.5) is 0 Å². The van der Waals surface area contributed by atoms with E-state index in [0.29, 0.717) is 0 Å². The number of hydrogen-bond acceptors (Lipinski definition) is 0. The summed E-state index contributed by atoms with van der Waals surface area (Å²) in [6, 6.07) is 35.3. The van der Waals surface area contributed by atoms with Gasteiger partial charge in [0.25, 0.3) is 0 Å². The van der Waals surface area contributed by atoms with E-state index in [9.17, 15) is 0 Å². The molecule has 1 heteroatoms. The van der Waals surface area contributed by atoms with Crippen molar-refractivity contribution >= 4 is 21.5 Å². The van der Waals surface area contributed by atoms with Gasteiger partial charge in [0.05, 0.1) is 0 Å². The van der Waals surface area contributed by atoms with Crippen molar-refractivity contribution in [2.24, 2.45) is 0 Å². The van der Waals surface area contributed by atoms with Gasteiger partial charge in [-0.15, -0.1) is 39.7 Å². The largest absolute Gasteiger partial charge is 1.00 e. The summed E-state index contributed by atoms with van der Waals surface area (Å²) >= 11 is 0. The predicted octanol–water partition coefficient (Wildman–Crippen LogP) is 3.52. The molecule has 0 spiro atoms. The summed E-state index contributed by atoms with van der Waals surface area (Å²) in [5, 5.41) is 4.95. The van der Waals surface area contributed by atoms with Crippen LogP contribution in [0.15, 0.2) is 103 Å². The summed E-state index contributed by atoms with van der Waals surface area (Å²) in [5.41, 5.74) is 4.12. The van der Waals surface area contributed by atoms with Gasteiger partial charge in [-0.3, -0.25) is 0 Å². The molecule has 0 N–H and O–H groups in total. The first-order valence-electron chi connectivity index (χ1n) is 9.62. The molecular formula is C29H17Li. The molecule has 0 saturated carbocycles. The maximum absolute atomic E-state index is 3.27. The average molecular weight is 372 g/mol. The molecule has 0 aliphatic rings. The van der Waals surface area contributed by atoms with Gasteiger partial charge in [-0.1, -0.05) is 84.3 Å². The van der Waals surface area contributed by atoms with E-state index in [-0.39, 0.29) is 18.9 Å². The summed E-state index contributed by atoms with van der Waals surface area (Å²) in [7, 11) is 0. The van der Waals surface area contributed by atoms with Crippen molar-refractivity contribution < 1.29 is 18.9 Å². The fraction of sp³-hybridized carbons (Fsp3) is 0. The van der Waals surface area contributed by atoms with Crippen LogP contribution < -0.4 is 18.9 Å². The van der Waals surface area contributed by atoms with E-state index in [1.807, 2.05) is 60.7 Å². The molecule has 0 fully saturated rings. The monoisotopic (exact) mass is 372 g/mol. The number of rotatable bonds is 0. The summed E-state index contributed by atoms with van der Waals surface area (Å²) in [5.74, 6) is 13.0. The number of benzene rings is 4. The molecular weight excluding hydrogens is 355 g/mol. The molecule has 0 aliphatic heterocycles. The smallest absolute Gasteiger partial charge is 0.126 e. The molecule has 0 aromatic heterocycles. The van der Waals surface area contributed by atoms with Crippen molar-refractivity contribution in [3.8, 4) is 23.7 Å². The molecule has 5 aromatic rings. The Hall–Kier alpha value is -3.53. The van der Waals surface area contributed by atoms with Gasteiger partial charge >= 0.3 is 18.9 Å². The quantitative estimate of drug-likeness (QED) is 0.222. The van der Waals surface area contributed by atoms with Crippen LogP contribution in [0.1, 0.15) is 22.3 Å². The van der Waals surface area contributed by atoms with Crippen LogP contribution >= 0.6 is 0 Å². The number of hydrogen-bond donors (Lipinski definition) is 0. The molecule has 0 saturated heterocycles. The third-order valence-corrected chi connectivity index (χ3v) is 4.95. The van der Waals surface area contributed by atoms with E-state index in [0.717, 1.165) is 22.3 Å². The van der Waals surface area contributed by atoms with Crippen LogP contribution in [-0.2, 0) is 0 Å². The summed E-state index contributed by atoms with van der Waals surface area (Å²) in [6.07, 6.45) is 0. The van der Waals surface area contributed by atoms with Gasteiger partial charge in [-0.05, 0) is 35.4 Å². The Bertz CT molecular complexity index is 1320. The molecule has 0 bridgehead atoms. The van der Waals surface area contributed by atoms with E-state index in [4.69, 9.17) is 0 Å². The van der Waals surface area contributed by atoms with E-state index in [1.165, 1.54) is 21.5 Å². The Kier molecular flexibility index (Phi) is 5.84. The molecule has 0 unspecified atom stereocenters. The summed E-state index contributed by atoms with van der Waals surface area (Å²) in [4.78, 5) is 0. The fourth-order valence-electron chi connectivity index (χ4n) is 3.51. The van der Waals surface area contributed by atoms with Crippen molar-refractivity contribution in [1.29, 1.82) is 0 Å². The van der Waals surface area contributed by atoms with Crippen LogP contribution in [0.2, 0.25) is 0 Å². The SMILES string of the molecule is C(#Cc1ccc2c(c1)[cH-]c1cc(C#Cc3ccccc3)ccc12)c1ccccc1.[Li+]. The van der Waals surface area contributed by atoms with Gasteiger partial charge in [-0.25, -0.2) is 0 Å². The third-order valence-electron chi connectivity index (χ3n) is 4.95. The Balaban J connectivity index is 0.00000218. The third kappa shape index (κ3) is 4.23. The van der Waals surface area contributed by atoms with Gasteiger partial charge in [0, 0.05) is 11.1 Å². The first-order chi connectivity index (χ1) is 14.3. The molecule has 0 atom stereocenters. The zero-order valence-electron chi connectivity index (χ0n) is 16.8. The Morgan fingerprint density at radius 3 is 1.27 bits per heavy atom. The van der Waals surface area contributed by atoms with Gasteiger partial charge in [0.15, 0.2) is 0 Å². The Morgan fingerprint density at radius 1 is 0.433 bits per heavy atom. The maximum Gasteiger partial charge on any atom is 1.00 e. The molecule has 134 valence electrons. The number of fused-ring (bicyclic) bond motifs is 3. The van der Waals surface area contributed by atoms with Crippen LogP contribution in [-0.4, -0.2) is 0 Å². The van der Waals surface area contributed by atoms with E-state index >= 15 is 0 Å². The molecule has 30 heavy (non-hydrogen) atoms. The molecule has 0 aliphatic carbocycles. The van der Waals surface area contributed by atoms with Crippen molar-refractivity contribution in [2.45, 2.75) is 0 Å². The van der Waals surface area contributed by atoms with E-state index in [2.05, 4.69) is 66.1 Å². The molecule has 5 rings (SSSR count). The molecule has 0 nitrogen and oxygen atoms in total. The molecule has 5 aromatic carbocycles. The normalized spacial score (nSPS) is 9.87. The van der Waals surface area contributed by atoms with Crippen LogP contribution in [0.5, 0.6) is 0 Å². The van der Waals surface area contributed by atoms with Gasteiger partial charge < -0.3 is 0 Å². The van der Waals surface area contributed by atoms with Gasteiger partial charge in [0.1, 0.15) is 0 Å². The zero-order valence-corrected chi connectivity index (χ0v) is 16.8. The van der Waals surface area contributed by atoms with Gasteiger partial charge in [0.2, 0.25) is 0 Å². The standard InChI is InChI=1S/C29H17.Li/c1-3-7-22(8-4-1)11-13-24-15-17-28-26(19-24)21-27-20-25(16-18-29(27)28)14-12-23-9-5-2-6-10-23;/h1-10,15-21H;/q-1;+1. The second kappa shape index (κ2) is 8.87. The Morgan fingerprint density at radius 2 is 0.833 bits per heavy atom. The van der Waals surface area contributed by atoms with Crippen LogP contribution in [0.25, 0.3) is 21.5 Å². The summed E-state index contributed by atoms with van der Waals surface area (Å²) < 4.78 is 0. The average Bonchev–Trinajstić information content (AvgIpc) is 3.14. The van der Waals surface area contributed by atoms with Crippen molar-refractivity contribution in [2.75, 3.05) is 0 Å². The molecule has 0 amide bonds. The van der Waals surface area contributed by atoms with E-state index in [1.54, 1.807) is 0 Å². The minimum Gasteiger partial charge on any atom is -0.126 e. The first-order valence-corrected chi connectivity index (χ1v) is 9.62. The van der Waals surface area contributed by atoms with E-state index < -0.39 is 0 Å². The first kappa shape index (κ1) is 19.8.